The smallest absolute Gasteiger partial charge is 0.129 e. The summed E-state index contributed by atoms with van der Waals surface area (Å²) in [6, 6.07) is 3.87. The molecule has 1 saturated heterocycles. The monoisotopic (exact) mass is 263 g/mol. The third-order valence-electron chi connectivity index (χ3n) is 3.67. The predicted octanol–water partition coefficient (Wildman–Crippen LogP) is 2.73. The highest BCUT2D eigenvalue weighted by Gasteiger charge is 2.19. The Labute approximate surface area is 114 Å². The normalized spacial score (nSPS) is 16.8. The van der Waals surface area contributed by atoms with Crippen LogP contribution in [0.25, 0.3) is 0 Å². The van der Waals surface area contributed by atoms with Gasteiger partial charge >= 0.3 is 0 Å². The van der Waals surface area contributed by atoms with Crippen LogP contribution in [0.15, 0.2) is 18.3 Å². The zero-order chi connectivity index (χ0) is 13.0. The van der Waals surface area contributed by atoms with Crippen LogP contribution in [-0.2, 0) is 0 Å². The fourth-order valence-corrected chi connectivity index (χ4v) is 2.73. The van der Waals surface area contributed by atoms with Gasteiger partial charge in [-0.2, -0.15) is 0 Å². The van der Waals surface area contributed by atoms with Gasteiger partial charge in [-0.1, -0.05) is 32.0 Å². The van der Waals surface area contributed by atoms with Crippen LogP contribution in [0.2, 0.25) is 0 Å². The number of nitrogens with two attached hydrogens (primary N) is 1. The molecular weight excluding hydrogens is 242 g/mol. The number of hydrogen-bond acceptors (Lipinski definition) is 3. The number of pyridine rings is 1. The van der Waals surface area contributed by atoms with Gasteiger partial charge in [0.15, 0.2) is 0 Å². The Kier molecular flexibility index (Phi) is 4.53. The van der Waals surface area contributed by atoms with Crippen molar-refractivity contribution < 1.29 is 0 Å². The van der Waals surface area contributed by atoms with Crippen LogP contribution in [0.1, 0.15) is 38.2 Å². The lowest BCUT2D eigenvalue weighted by Gasteiger charge is -2.32. The molecule has 0 radical (unpaired) electrons. The fourth-order valence-electron chi connectivity index (χ4n) is 2.60. The van der Waals surface area contributed by atoms with Crippen LogP contribution in [0, 0.1) is 5.92 Å². The topological polar surface area (TPSA) is 42.1 Å². The summed E-state index contributed by atoms with van der Waals surface area (Å²) in [5.74, 6) is 1.90. The molecule has 1 fully saturated rings. The maximum atomic E-state index is 5.66. The van der Waals surface area contributed by atoms with E-state index in [1.165, 1.54) is 25.7 Å². The third-order valence-corrected chi connectivity index (χ3v) is 3.90. The van der Waals surface area contributed by atoms with Crippen molar-refractivity contribution in [2.45, 2.75) is 32.6 Å². The molecule has 98 valence electrons. The molecule has 1 aromatic heterocycles. The first-order valence-electron chi connectivity index (χ1n) is 6.71. The van der Waals surface area contributed by atoms with Crippen LogP contribution in [0.5, 0.6) is 0 Å². The van der Waals surface area contributed by atoms with E-state index in [1.54, 1.807) is 6.20 Å². The van der Waals surface area contributed by atoms with Crippen LogP contribution >= 0.6 is 12.2 Å². The van der Waals surface area contributed by atoms with Gasteiger partial charge in [-0.3, -0.25) is 0 Å². The molecule has 0 spiro atoms. The number of hydrogen-bond donors (Lipinski definition) is 1. The summed E-state index contributed by atoms with van der Waals surface area (Å²) >= 11 is 5.01. The van der Waals surface area contributed by atoms with E-state index in [9.17, 15) is 0 Å². The van der Waals surface area contributed by atoms with Gasteiger partial charge in [0.2, 0.25) is 0 Å². The molecule has 18 heavy (non-hydrogen) atoms. The molecular formula is C14H21N3S. The fraction of sp³-hybridized carbons (Fsp3) is 0.571. The van der Waals surface area contributed by atoms with Gasteiger partial charge in [-0.05, 0) is 30.9 Å². The van der Waals surface area contributed by atoms with E-state index in [0.29, 0.717) is 4.99 Å². The van der Waals surface area contributed by atoms with Gasteiger partial charge in [-0.25, -0.2) is 4.98 Å². The second kappa shape index (κ2) is 6.14. The zero-order valence-electron chi connectivity index (χ0n) is 10.9. The minimum absolute atomic E-state index is 0.444. The Morgan fingerprint density at radius 2 is 2.22 bits per heavy atom. The van der Waals surface area contributed by atoms with Crippen molar-refractivity contribution in [1.82, 2.24) is 4.98 Å². The molecule has 0 aliphatic carbocycles. The maximum Gasteiger partial charge on any atom is 0.129 e. The summed E-state index contributed by atoms with van der Waals surface area (Å²) in [5, 5.41) is 0. The Hall–Kier alpha value is -1.16. The van der Waals surface area contributed by atoms with E-state index in [-0.39, 0.29) is 0 Å². The van der Waals surface area contributed by atoms with E-state index in [0.717, 1.165) is 30.4 Å². The van der Waals surface area contributed by atoms with Crippen molar-refractivity contribution in [1.29, 1.82) is 0 Å². The van der Waals surface area contributed by atoms with Crippen molar-refractivity contribution in [2.24, 2.45) is 11.7 Å². The lowest BCUT2D eigenvalue weighted by atomic mass is 9.92. The number of nitrogens with zero attached hydrogens (tertiary/aromatic N) is 2. The summed E-state index contributed by atoms with van der Waals surface area (Å²) in [5.41, 5.74) is 6.57. The highest BCUT2D eigenvalue weighted by Crippen LogP contribution is 2.25. The predicted molar refractivity (Wildman–Crippen MR) is 80.0 cm³/mol. The molecule has 0 atom stereocenters. The second-order valence-corrected chi connectivity index (χ2v) is 5.43. The van der Waals surface area contributed by atoms with Crippen molar-refractivity contribution in [2.75, 3.05) is 18.0 Å². The molecule has 0 unspecified atom stereocenters. The Morgan fingerprint density at radius 1 is 1.50 bits per heavy atom. The first kappa shape index (κ1) is 13.3. The first-order valence-corrected chi connectivity index (χ1v) is 7.12. The largest absolute Gasteiger partial charge is 0.389 e. The van der Waals surface area contributed by atoms with Crippen LogP contribution in [0.3, 0.4) is 0 Å². The van der Waals surface area contributed by atoms with Crippen LogP contribution < -0.4 is 10.6 Å². The maximum absolute atomic E-state index is 5.66. The molecule has 1 aliphatic rings. The van der Waals surface area contributed by atoms with Crippen LogP contribution in [-0.4, -0.2) is 23.1 Å². The van der Waals surface area contributed by atoms with Crippen molar-refractivity contribution in [3.05, 3.63) is 23.9 Å². The first-order chi connectivity index (χ1) is 8.70. The number of thiocarbonyl (C=S) groups is 1. The summed E-state index contributed by atoms with van der Waals surface area (Å²) in [7, 11) is 0. The lowest BCUT2D eigenvalue weighted by molar-refractivity contribution is 0.377. The van der Waals surface area contributed by atoms with Gasteiger partial charge < -0.3 is 10.6 Å². The zero-order valence-corrected chi connectivity index (χ0v) is 11.7. The molecule has 3 nitrogen and oxygen atoms in total. The Morgan fingerprint density at radius 3 is 2.83 bits per heavy atom. The summed E-state index contributed by atoms with van der Waals surface area (Å²) in [6.07, 6.45) is 6.98. The number of anilines is 1. The highest BCUT2D eigenvalue weighted by atomic mass is 32.1. The SMILES string of the molecule is CCCC1CCN(c2cc(C(N)=S)ccn2)CC1. The quantitative estimate of drug-likeness (QED) is 0.848. The van der Waals surface area contributed by atoms with Gasteiger partial charge in [0, 0.05) is 24.8 Å². The molecule has 1 aromatic rings. The Balaban J connectivity index is 2.01. The van der Waals surface area contributed by atoms with Crippen molar-refractivity contribution in [3.8, 4) is 0 Å². The molecule has 0 saturated carbocycles. The summed E-state index contributed by atoms with van der Waals surface area (Å²) in [6.45, 7) is 4.45. The average molecular weight is 263 g/mol. The van der Waals surface area contributed by atoms with Gasteiger partial charge in [0.1, 0.15) is 10.8 Å². The standard InChI is InChI=1S/C14H21N3S/c1-2-3-11-5-8-17(9-6-11)13-10-12(14(15)18)4-7-16-13/h4,7,10-11H,2-3,5-6,8-9H2,1H3,(H2,15,18). The van der Waals surface area contributed by atoms with Crippen LogP contribution in [0.4, 0.5) is 5.82 Å². The number of aromatic nitrogens is 1. The lowest BCUT2D eigenvalue weighted by Crippen LogP contribution is -2.34. The van der Waals surface area contributed by atoms with E-state index in [2.05, 4.69) is 16.8 Å². The van der Waals surface area contributed by atoms with E-state index in [1.807, 2.05) is 12.1 Å². The highest BCUT2D eigenvalue weighted by molar-refractivity contribution is 7.80. The van der Waals surface area contributed by atoms with E-state index >= 15 is 0 Å². The Bertz CT molecular complexity index is 411. The molecule has 2 rings (SSSR count). The number of rotatable bonds is 4. The molecule has 1 aliphatic heterocycles. The molecule has 4 heteroatoms. The average Bonchev–Trinajstić information content (AvgIpc) is 2.40. The van der Waals surface area contributed by atoms with Gasteiger partial charge in [-0.15, -0.1) is 0 Å². The summed E-state index contributed by atoms with van der Waals surface area (Å²) in [4.78, 5) is 7.21. The van der Waals surface area contributed by atoms with Gasteiger partial charge in [0.05, 0.1) is 0 Å². The minimum atomic E-state index is 0.444. The minimum Gasteiger partial charge on any atom is -0.389 e. The van der Waals surface area contributed by atoms with Crippen molar-refractivity contribution >= 4 is 23.0 Å². The molecule has 2 heterocycles. The van der Waals surface area contributed by atoms with E-state index < -0.39 is 0 Å². The summed E-state index contributed by atoms with van der Waals surface area (Å²) < 4.78 is 0. The van der Waals surface area contributed by atoms with Crippen molar-refractivity contribution in [3.63, 3.8) is 0 Å². The molecule has 0 amide bonds. The third kappa shape index (κ3) is 3.19. The van der Waals surface area contributed by atoms with E-state index in [4.69, 9.17) is 18.0 Å². The van der Waals surface area contributed by atoms with Gasteiger partial charge in [0.25, 0.3) is 0 Å². The number of piperidine rings is 1. The molecule has 0 aromatic carbocycles. The second-order valence-electron chi connectivity index (χ2n) is 4.99. The molecule has 2 N–H and O–H groups in total. The molecule has 0 bridgehead atoms.